The van der Waals surface area contributed by atoms with Crippen molar-refractivity contribution in [1.29, 1.82) is 0 Å². The van der Waals surface area contributed by atoms with E-state index in [9.17, 15) is 4.39 Å². The van der Waals surface area contributed by atoms with E-state index in [2.05, 4.69) is 37.5 Å². The standard InChI is InChI=1S/C20H17FN8O/c1-2-8-28-20-17(24-27-28)11-22-19(23-20)16-10-18(15-7-9-30-26-15)29(25-16)12-13-5-3-4-6-14(13)21/h3-7,9-11H,2,8,12H2,1H3. The number of hydrogen-bond donors (Lipinski definition) is 0. The molecule has 4 aromatic heterocycles. The molecule has 0 aliphatic heterocycles. The van der Waals surface area contributed by atoms with Crippen molar-refractivity contribution < 1.29 is 8.91 Å². The summed E-state index contributed by atoms with van der Waals surface area (Å²) >= 11 is 0. The zero-order chi connectivity index (χ0) is 20.5. The van der Waals surface area contributed by atoms with Crippen molar-refractivity contribution >= 4 is 11.2 Å². The van der Waals surface area contributed by atoms with Gasteiger partial charge in [0.2, 0.25) is 0 Å². The molecule has 0 fully saturated rings. The van der Waals surface area contributed by atoms with Gasteiger partial charge >= 0.3 is 0 Å². The second-order valence-electron chi connectivity index (χ2n) is 6.76. The molecule has 0 saturated heterocycles. The molecule has 0 N–H and O–H groups in total. The van der Waals surface area contributed by atoms with Crippen molar-refractivity contribution in [3.05, 3.63) is 60.2 Å². The summed E-state index contributed by atoms with van der Waals surface area (Å²) in [4.78, 5) is 9.01. The molecule has 1 aromatic carbocycles. The third-order valence-corrected chi connectivity index (χ3v) is 4.68. The van der Waals surface area contributed by atoms with E-state index in [1.54, 1.807) is 39.8 Å². The number of fused-ring (bicyclic) bond motifs is 1. The van der Waals surface area contributed by atoms with E-state index in [0.717, 1.165) is 6.42 Å². The van der Waals surface area contributed by atoms with Crippen LogP contribution in [0.1, 0.15) is 18.9 Å². The van der Waals surface area contributed by atoms with Crippen LogP contribution in [0.25, 0.3) is 34.1 Å². The van der Waals surface area contributed by atoms with Crippen molar-refractivity contribution in [3.8, 4) is 22.9 Å². The molecule has 150 valence electrons. The highest BCUT2D eigenvalue weighted by Crippen LogP contribution is 2.25. The van der Waals surface area contributed by atoms with Crippen LogP contribution in [0, 0.1) is 5.82 Å². The van der Waals surface area contributed by atoms with Gasteiger partial charge in [0.15, 0.2) is 17.0 Å². The molecule has 4 heterocycles. The number of nitrogens with zero attached hydrogens (tertiary/aromatic N) is 8. The summed E-state index contributed by atoms with van der Waals surface area (Å²) in [6, 6.07) is 10.1. The third kappa shape index (κ3) is 3.21. The largest absolute Gasteiger partial charge is 0.364 e. The van der Waals surface area contributed by atoms with E-state index in [0.29, 0.717) is 46.2 Å². The second kappa shape index (κ2) is 7.47. The summed E-state index contributed by atoms with van der Waals surface area (Å²) in [5, 5.41) is 16.9. The Balaban J connectivity index is 1.60. The summed E-state index contributed by atoms with van der Waals surface area (Å²) in [7, 11) is 0. The summed E-state index contributed by atoms with van der Waals surface area (Å²) in [5.74, 6) is 0.132. The number of hydrogen-bond acceptors (Lipinski definition) is 7. The molecular formula is C20H17FN8O. The normalized spacial score (nSPS) is 11.4. The molecular weight excluding hydrogens is 387 g/mol. The first kappa shape index (κ1) is 18.1. The lowest BCUT2D eigenvalue weighted by atomic mass is 10.2. The topological polar surface area (TPSA) is 100 Å². The van der Waals surface area contributed by atoms with E-state index in [-0.39, 0.29) is 12.4 Å². The van der Waals surface area contributed by atoms with Crippen molar-refractivity contribution in [2.24, 2.45) is 0 Å². The highest BCUT2D eigenvalue weighted by molar-refractivity contribution is 5.72. The Kier molecular flexibility index (Phi) is 4.51. The first-order valence-corrected chi connectivity index (χ1v) is 9.51. The quantitative estimate of drug-likeness (QED) is 0.428. The second-order valence-corrected chi connectivity index (χ2v) is 6.76. The number of benzene rings is 1. The molecule has 9 nitrogen and oxygen atoms in total. The van der Waals surface area contributed by atoms with Crippen molar-refractivity contribution in [3.63, 3.8) is 0 Å². The maximum absolute atomic E-state index is 14.2. The van der Waals surface area contributed by atoms with Gasteiger partial charge in [-0.2, -0.15) is 5.10 Å². The van der Waals surface area contributed by atoms with Crippen LogP contribution in [0.15, 0.2) is 53.4 Å². The predicted molar refractivity (Wildman–Crippen MR) is 106 cm³/mol. The van der Waals surface area contributed by atoms with Crippen LogP contribution < -0.4 is 0 Å². The minimum Gasteiger partial charge on any atom is -0.364 e. The maximum Gasteiger partial charge on any atom is 0.182 e. The Bertz CT molecular complexity index is 1310. The van der Waals surface area contributed by atoms with E-state index >= 15 is 0 Å². The minimum absolute atomic E-state index is 0.229. The zero-order valence-electron chi connectivity index (χ0n) is 16.1. The molecule has 0 atom stereocenters. The van der Waals surface area contributed by atoms with Crippen LogP contribution in [0.4, 0.5) is 4.39 Å². The molecule has 0 unspecified atom stereocenters. The maximum atomic E-state index is 14.2. The van der Waals surface area contributed by atoms with Gasteiger partial charge in [0.25, 0.3) is 0 Å². The first-order valence-electron chi connectivity index (χ1n) is 9.51. The molecule has 0 radical (unpaired) electrons. The van der Waals surface area contributed by atoms with Crippen molar-refractivity contribution in [1.82, 2.24) is 39.9 Å². The lowest BCUT2D eigenvalue weighted by Gasteiger charge is -2.06. The van der Waals surface area contributed by atoms with Crippen LogP contribution in [-0.2, 0) is 13.1 Å². The molecule has 5 aromatic rings. The van der Waals surface area contributed by atoms with E-state index < -0.39 is 0 Å². The Morgan fingerprint density at radius 3 is 2.80 bits per heavy atom. The van der Waals surface area contributed by atoms with E-state index in [1.807, 2.05) is 6.07 Å². The molecule has 0 saturated carbocycles. The average molecular weight is 404 g/mol. The smallest absolute Gasteiger partial charge is 0.182 e. The van der Waals surface area contributed by atoms with Gasteiger partial charge in [-0.3, -0.25) is 4.68 Å². The lowest BCUT2D eigenvalue weighted by molar-refractivity contribution is 0.421. The van der Waals surface area contributed by atoms with Crippen LogP contribution in [-0.4, -0.2) is 39.9 Å². The van der Waals surface area contributed by atoms with E-state index in [1.165, 1.54) is 12.3 Å². The van der Waals surface area contributed by atoms with Gasteiger partial charge in [0, 0.05) is 18.2 Å². The number of aryl methyl sites for hydroxylation is 1. The highest BCUT2D eigenvalue weighted by Gasteiger charge is 2.18. The molecule has 0 aliphatic carbocycles. The van der Waals surface area contributed by atoms with Gasteiger partial charge in [-0.05, 0) is 18.6 Å². The lowest BCUT2D eigenvalue weighted by Crippen LogP contribution is -2.06. The fraction of sp³-hybridized carbons (Fsp3) is 0.200. The van der Waals surface area contributed by atoms with Crippen LogP contribution in [0.3, 0.4) is 0 Å². The Morgan fingerprint density at radius 2 is 2.00 bits per heavy atom. The van der Waals surface area contributed by atoms with Crippen molar-refractivity contribution in [2.45, 2.75) is 26.4 Å². The Morgan fingerprint density at radius 1 is 1.10 bits per heavy atom. The fourth-order valence-electron chi connectivity index (χ4n) is 3.24. The SMILES string of the molecule is CCCn1nnc2cnc(-c3cc(-c4ccon4)n(Cc4ccccc4F)n3)nc21. The summed E-state index contributed by atoms with van der Waals surface area (Å²) in [6.07, 6.45) is 4.01. The number of rotatable bonds is 6. The van der Waals surface area contributed by atoms with Crippen LogP contribution in [0.5, 0.6) is 0 Å². The summed E-state index contributed by atoms with van der Waals surface area (Å²) < 4.78 is 22.6. The molecule has 0 spiro atoms. The van der Waals surface area contributed by atoms with Gasteiger partial charge < -0.3 is 4.52 Å². The summed E-state index contributed by atoms with van der Waals surface area (Å²) in [6.45, 7) is 3.00. The minimum atomic E-state index is -0.298. The first-order chi connectivity index (χ1) is 14.7. The highest BCUT2D eigenvalue weighted by atomic mass is 19.1. The number of halogens is 1. The van der Waals surface area contributed by atoms with Crippen molar-refractivity contribution in [2.75, 3.05) is 0 Å². The molecule has 5 rings (SSSR count). The predicted octanol–water partition coefficient (Wildman–Crippen LogP) is 3.34. The molecule has 30 heavy (non-hydrogen) atoms. The summed E-state index contributed by atoms with van der Waals surface area (Å²) in [5.41, 5.74) is 3.58. The molecule has 0 aliphatic rings. The van der Waals surface area contributed by atoms with Gasteiger partial charge in [-0.25, -0.2) is 19.0 Å². The van der Waals surface area contributed by atoms with Gasteiger partial charge in [-0.1, -0.05) is 35.5 Å². The monoisotopic (exact) mass is 404 g/mol. The fourth-order valence-corrected chi connectivity index (χ4v) is 3.24. The molecule has 0 amide bonds. The van der Waals surface area contributed by atoms with Gasteiger partial charge in [0.1, 0.15) is 23.5 Å². The molecule has 0 bridgehead atoms. The Hall–Kier alpha value is -3.95. The van der Waals surface area contributed by atoms with Crippen LogP contribution in [0.2, 0.25) is 0 Å². The molecule has 10 heteroatoms. The zero-order valence-corrected chi connectivity index (χ0v) is 16.1. The Labute approximate surface area is 170 Å². The third-order valence-electron chi connectivity index (χ3n) is 4.68. The average Bonchev–Trinajstić information content (AvgIpc) is 3.50. The number of aromatic nitrogens is 8. The van der Waals surface area contributed by atoms with Crippen LogP contribution >= 0.6 is 0 Å². The van der Waals surface area contributed by atoms with Gasteiger partial charge in [0.05, 0.1) is 18.4 Å². The van der Waals surface area contributed by atoms with Gasteiger partial charge in [-0.15, -0.1) is 5.10 Å². The van der Waals surface area contributed by atoms with E-state index in [4.69, 9.17) is 4.52 Å².